The van der Waals surface area contributed by atoms with E-state index in [9.17, 15) is 9.59 Å². The van der Waals surface area contributed by atoms with Crippen LogP contribution in [-0.4, -0.2) is 50.3 Å². The van der Waals surface area contributed by atoms with E-state index in [1.165, 1.54) is 11.8 Å². The SMILES string of the molecule is CNC(=O)CN1C(=O)CS[C@H]1c1ccc(OC)c(OC)c1. The van der Waals surface area contributed by atoms with Gasteiger partial charge in [-0.2, -0.15) is 0 Å². The Bertz CT molecular complexity index is 550. The van der Waals surface area contributed by atoms with E-state index in [2.05, 4.69) is 5.32 Å². The average Bonchev–Trinajstić information content (AvgIpc) is 2.87. The van der Waals surface area contributed by atoms with Gasteiger partial charge in [-0.3, -0.25) is 9.59 Å². The summed E-state index contributed by atoms with van der Waals surface area (Å²) >= 11 is 1.50. The Morgan fingerprint density at radius 2 is 2.10 bits per heavy atom. The van der Waals surface area contributed by atoms with Gasteiger partial charge in [-0.25, -0.2) is 0 Å². The van der Waals surface area contributed by atoms with Gasteiger partial charge in [0.1, 0.15) is 11.9 Å². The van der Waals surface area contributed by atoms with Crippen molar-refractivity contribution in [1.29, 1.82) is 0 Å². The predicted molar refractivity (Wildman–Crippen MR) is 80.5 cm³/mol. The van der Waals surface area contributed by atoms with Crippen molar-refractivity contribution < 1.29 is 19.1 Å². The van der Waals surface area contributed by atoms with Gasteiger partial charge >= 0.3 is 0 Å². The summed E-state index contributed by atoms with van der Waals surface area (Å²) < 4.78 is 10.5. The fourth-order valence-corrected chi connectivity index (χ4v) is 3.32. The van der Waals surface area contributed by atoms with E-state index in [0.29, 0.717) is 17.3 Å². The molecular formula is C14H18N2O4S. The van der Waals surface area contributed by atoms with Crippen LogP contribution in [0.3, 0.4) is 0 Å². The first kappa shape index (κ1) is 15.5. The zero-order chi connectivity index (χ0) is 15.4. The molecule has 0 aliphatic carbocycles. The molecular weight excluding hydrogens is 292 g/mol. The zero-order valence-corrected chi connectivity index (χ0v) is 13.0. The number of nitrogens with zero attached hydrogens (tertiary/aromatic N) is 1. The van der Waals surface area contributed by atoms with Crippen molar-refractivity contribution in [3.63, 3.8) is 0 Å². The van der Waals surface area contributed by atoms with E-state index in [0.717, 1.165) is 5.56 Å². The van der Waals surface area contributed by atoms with Crippen LogP contribution in [0.15, 0.2) is 18.2 Å². The lowest BCUT2D eigenvalue weighted by Crippen LogP contribution is -2.37. The minimum atomic E-state index is -0.186. The van der Waals surface area contributed by atoms with Crippen LogP contribution in [0.2, 0.25) is 0 Å². The summed E-state index contributed by atoms with van der Waals surface area (Å²) in [4.78, 5) is 25.1. The number of rotatable bonds is 5. The Labute approximate surface area is 127 Å². The number of nitrogens with one attached hydrogen (secondary N) is 1. The maximum Gasteiger partial charge on any atom is 0.239 e. The third-order valence-electron chi connectivity index (χ3n) is 3.25. The number of thioether (sulfide) groups is 1. The van der Waals surface area contributed by atoms with Crippen molar-refractivity contribution in [2.75, 3.05) is 33.6 Å². The highest BCUT2D eigenvalue weighted by atomic mass is 32.2. The first-order chi connectivity index (χ1) is 10.1. The Hall–Kier alpha value is -1.89. The number of hydrogen-bond acceptors (Lipinski definition) is 5. The Morgan fingerprint density at radius 3 is 2.71 bits per heavy atom. The molecule has 1 aliphatic heterocycles. The summed E-state index contributed by atoms with van der Waals surface area (Å²) in [5.41, 5.74) is 0.910. The molecule has 2 amide bonds. The van der Waals surface area contributed by atoms with Gasteiger partial charge in [0.2, 0.25) is 11.8 Å². The van der Waals surface area contributed by atoms with Gasteiger partial charge in [0, 0.05) is 7.05 Å². The summed E-state index contributed by atoms with van der Waals surface area (Å²) in [6, 6.07) is 5.52. The van der Waals surface area contributed by atoms with Gasteiger partial charge in [0.05, 0.1) is 20.0 Å². The van der Waals surface area contributed by atoms with Gasteiger partial charge in [-0.1, -0.05) is 6.07 Å². The molecule has 0 saturated carbocycles. The van der Waals surface area contributed by atoms with Crippen LogP contribution in [0.4, 0.5) is 0 Å². The fraction of sp³-hybridized carbons (Fsp3) is 0.429. The Morgan fingerprint density at radius 1 is 1.38 bits per heavy atom. The molecule has 0 spiro atoms. The van der Waals surface area contributed by atoms with Gasteiger partial charge in [-0.05, 0) is 17.7 Å². The molecule has 21 heavy (non-hydrogen) atoms. The number of carbonyl (C=O) groups is 2. The van der Waals surface area contributed by atoms with E-state index in [-0.39, 0.29) is 23.7 Å². The van der Waals surface area contributed by atoms with Crippen molar-refractivity contribution in [3.8, 4) is 11.5 Å². The quantitative estimate of drug-likeness (QED) is 0.879. The summed E-state index contributed by atoms with van der Waals surface area (Å²) in [6.45, 7) is 0.0569. The molecule has 114 valence electrons. The number of amides is 2. The molecule has 1 aromatic rings. The molecule has 1 saturated heterocycles. The molecule has 1 aromatic carbocycles. The van der Waals surface area contributed by atoms with Crippen LogP contribution in [-0.2, 0) is 9.59 Å². The molecule has 6 nitrogen and oxygen atoms in total. The van der Waals surface area contributed by atoms with Crippen molar-refractivity contribution in [2.24, 2.45) is 0 Å². The Kier molecular flexibility index (Phi) is 4.95. The summed E-state index contributed by atoms with van der Waals surface area (Å²) in [5.74, 6) is 1.39. The van der Waals surface area contributed by atoms with Crippen molar-refractivity contribution in [2.45, 2.75) is 5.37 Å². The molecule has 0 radical (unpaired) electrons. The second-order valence-corrected chi connectivity index (χ2v) is 5.54. The first-order valence-corrected chi connectivity index (χ1v) is 7.49. The van der Waals surface area contributed by atoms with Crippen LogP contribution in [0.25, 0.3) is 0 Å². The number of benzene rings is 1. The van der Waals surface area contributed by atoms with Gasteiger partial charge in [0.15, 0.2) is 11.5 Å². The van der Waals surface area contributed by atoms with Gasteiger partial charge < -0.3 is 19.7 Å². The molecule has 1 aliphatic rings. The van der Waals surface area contributed by atoms with E-state index in [4.69, 9.17) is 9.47 Å². The number of hydrogen-bond donors (Lipinski definition) is 1. The third-order valence-corrected chi connectivity index (χ3v) is 4.51. The lowest BCUT2D eigenvalue weighted by molar-refractivity contribution is -0.133. The summed E-state index contributed by atoms with van der Waals surface area (Å²) in [7, 11) is 4.70. The van der Waals surface area contributed by atoms with E-state index in [1.54, 1.807) is 32.2 Å². The topological polar surface area (TPSA) is 67.9 Å². The summed E-state index contributed by atoms with van der Waals surface area (Å²) in [6.07, 6.45) is 0. The minimum absolute atomic E-state index is 0.0385. The van der Waals surface area contributed by atoms with Gasteiger partial charge in [0.25, 0.3) is 0 Å². The normalized spacial score (nSPS) is 17.8. The molecule has 2 rings (SSSR count). The van der Waals surface area contributed by atoms with Crippen LogP contribution >= 0.6 is 11.8 Å². The molecule has 1 atom stereocenters. The van der Waals surface area contributed by atoms with Crippen molar-refractivity contribution in [3.05, 3.63) is 23.8 Å². The molecule has 0 aromatic heterocycles. The highest BCUT2D eigenvalue weighted by Gasteiger charge is 2.34. The second kappa shape index (κ2) is 6.71. The van der Waals surface area contributed by atoms with Crippen molar-refractivity contribution in [1.82, 2.24) is 10.2 Å². The standard InChI is InChI=1S/C14H18N2O4S/c1-15-12(17)7-16-13(18)8-21-14(16)9-4-5-10(19-2)11(6-9)20-3/h4-6,14H,7-8H2,1-3H3,(H,15,17)/t14-/m0/s1. The maximum atomic E-state index is 12.0. The van der Waals surface area contributed by atoms with Crippen LogP contribution in [0, 0.1) is 0 Å². The van der Waals surface area contributed by atoms with Gasteiger partial charge in [-0.15, -0.1) is 11.8 Å². The van der Waals surface area contributed by atoms with Crippen LogP contribution in [0.5, 0.6) is 11.5 Å². The predicted octanol–water partition coefficient (Wildman–Crippen LogP) is 1.02. The van der Waals surface area contributed by atoms with E-state index < -0.39 is 0 Å². The zero-order valence-electron chi connectivity index (χ0n) is 12.2. The highest BCUT2D eigenvalue weighted by Crippen LogP contribution is 2.41. The molecule has 1 N–H and O–H groups in total. The number of methoxy groups -OCH3 is 2. The van der Waals surface area contributed by atoms with Crippen LogP contribution < -0.4 is 14.8 Å². The molecule has 1 heterocycles. The third kappa shape index (κ3) is 3.24. The first-order valence-electron chi connectivity index (χ1n) is 6.44. The second-order valence-electron chi connectivity index (χ2n) is 4.47. The molecule has 7 heteroatoms. The number of likely N-dealkylation sites (N-methyl/N-ethyl adjacent to an activating group) is 1. The minimum Gasteiger partial charge on any atom is -0.493 e. The average molecular weight is 310 g/mol. The highest BCUT2D eigenvalue weighted by molar-refractivity contribution is 8.00. The molecule has 0 bridgehead atoms. The number of carbonyl (C=O) groups excluding carboxylic acids is 2. The number of ether oxygens (including phenoxy) is 2. The lowest BCUT2D eigenvalue weighted by atomic mass is 10.1. The smallest absolute Gasteiger partial charge is 0.239 e. The lowest BCUT2D eigenvalue weighted by Gasteiger charge is -2.24. The summed E-state index contributed by atoms with van der Waals surface area (Å²) in [5, 5.41) is 2.35. The molecule has 0 unspecified atom stereocenters. The Balaban J connectivity index is 2.27. The fourth-order valence-electron chi connectivity index (χ4n) is 2.14. The van der Waals surface area contributed by atoms with E-state index in [1.807, 2.05) is 12.1 Å². The van der Waals surface area contributed by atoms with E-state index >= 15 is 0 Å². The largest absolute Gasteiger partial charge is 0.493 e. The van der Waals surface area contributed by atoms with Crippen molar-refractivity contribution >= 4 is 23.6 Å². The molecule has 1 fully saturated rings. The monoisotopic (exact) mass is 310 g/mol. The maximum absolute atomic E-state index is 12.0. The van der Waals surface area contributed by atoms with Crippen LogP contribution in [0.1, 0.15) is 10.9 Å².